The Balaban J connectivity index is 1.92. The fourth-order valence-electron chi connectivity index (χ4n) is 2.43. The maximum absolute atomic E-state index is 11.8. The van der Waals surface area contributed by atoms with Crippen molar-refractivity contribution in [1.82, 2.24) is 5.43 Å². The fraction of sp³-hybridized carbons (Fsp3) is 0.462. The number of nitro groups is 1. The van der Waals surface area contributed by atoms with E-state index in [4.69, 9.17) is 0 Å². The number of amides is 1. The number of rotatable bonds is 5. The topological polar surface area (TPSA) is 104 Å². The van der Waals surface area contributed by atoms with Gasteiger partial charge in [-0.2, -0.15) is 0 Å². The van der Waals surface area contributed by atoms with E-state index in [9.17, 15) is 20.0 Å². The minimum absolute atomic E-state index is 0.000626. The highest BCUT2D eigenvalue weighted by Gasteiger charge is 2.33. The second-order valence-electron chi connectivity index (χ2n) is 5.06. The van der Waals surface area contributed by atoms with E-state index >= 15 is 0 Å². The Kier molecular flexibility index (Phi) is 4.19. The molecule has 0 saturated heterocycles. The number of carbonyl (C=O) groups is 1. The molecule has 0 bridgehead atoms. The van der Waals surface area contributed by atoms with Crippen molar-refractivity contribution in [2.45, 2.75) is 37.7 Å². The number of nitro benzene ring substituents is 1. The maximum Gasteiger partial charge on any atom is 0.294 e. The lowest BCUT2D eigenvalue weighted by molar-refractivity contribution is -0.384. The Bertz CT molecular complexity index is 512. The molecule has 1 aliphatic carbocycles. The van der Waals surface area contributed by atoms with E-state index in [1.807, 2.05) is 0 Å². The largest absolute Gasteiger partial charge is 0.389 e. The van der Waals surface area contributed by atoms with E-state index in [1.165, 1.54) is 12.1 Å². The molecule has 0 heterocycles. The van der Waals surface area contributed by atoms with Crippen molar-refractivity contribution in [3.8, 4) is 0 Å². The average molecular weight is 279 g/mol. The molecule has 3 N–H and O–H groups in total. The summed E-state index contributed by atoms with van der Waals surface area (Å²) in [6, 6.07) is 6.03. The molecular formula is C13H17N3O4. The Hall–Kier alpha value is -2.15. The van der Waals surface area contributed by atoms with Gasteiger partial charge in [0.1, 0.15) is 5.69 Å². The third kappa shape index (κ3) is 3.45. The summed E-state index contributed by atoms with van der Waals surface area (Å²) in [7, 11) is 0. The first-order valence-electron chi connectivity index (χ1n) is 6.51. The smallest absolute Gasteiger partial charge is 0.294 e. The van der Waals surface area contributed by atoms with Crippen LogP contribution in [0.2, 0.25) is 0 Å². The molecule has 108 valence electrons. The van der Waals surface area contributed by atoms with Crippen LogP contribution in [0.5, 0.6) is 0 Å². The van der Waals surface area contributed by atoms with Gasteiger partial charge in [0.25, 0.3) is 5.69 Å². The lowest BCUT2D eigenvalue weighted by Gasteiger charge is -2.21. The van der Waals surface area contributed by atoms with E-state index < -0.39 is 10.5 Å². The highest BCUT2D eigenvalue weighted by Crippen LogP contribution is 2.32. The molecule has 0 atom stereocenters. The molecule has 0 unspecified atom stereocenters. The summed E-state index contributed by atoms with van der Waals surface area (Å²) in [6.07, 6.45) is 3.07. The van der Waals surface area contributed by atoms with Crippen LogP contribution in [0.3, 0.4) is 0 Å². The van der Waals surface area contributed by atoms with Gasteiger partial charge < -0.3 is 5.11 Å². The minimum Gasteiger partial charge on any atom is -0.389 e. The van der Waals surface area contributed by atoms with Crippen molar-refractivity contribution < 1.29 is 14.8 Å². The first-order chi connectivity index (χ1) is 9.50. The van der Waals surface area contributed by atoms with Gasteiger partial charge in [0.05, 0.1) is 16.9 Å². The number of carbonyl (C=O) groups excluding carboxylic acids is 1. The SMILES string of the molecule is O=C(CC1(O)CCCC1)NNc1ccccc1[N+](=O)[O-]. The molecule has 1 amide bonds. The molecule has 20 heavy (non-hydrogen) atoms. The van der Waals surface area contributed by atoms with Crippen LogP contribution in [0.25, 0.3) is 0 Å². The quantitative estimate of drug-likeness (QED) is 0.562. The second kappa shape index (κ2) is 5.87. The lowest BCUT2D eigenvalue weighted by atomic mass is 9.98. The minimum atomic E-state index is -0.936. The molecule has 1 fully saturated rings. The molecule has 0 spiro atoms. The first kappa shape index (κ1) is 14.3. The number of anilines is 1. The Morgan fingerprint density at radius 2 is 2.00 bits per heavy atom. The summed E-state index contributed by atoms with van der Waals surface area (Å²) in [5.74, 6) is -0.382. The second-order valence-corrected chi connectivity index (χ2v) is 5.06. The zero-order valence-electron chi connectivity index (χ0n) is 11.0. The van der Waals surface area contributed by atoms with Crippen LogP contribution >= 0.6 is 0 Å². The highest BCUT2D eigenvalue weighted by atomic mass is 16.6. The molecule has 0 aromatic heterocycles. The Morgan fingerprint density at radius 1 is 1.35 bits per heavy atom. The van der Waals surface area contributed by atoms with Gasteiger partial charge in [0.2, 0.25) is 5.91 Å². The Labute approximate surface area is 116 Å². The fourth-order valence-corrected chi connectivity index (χ4v) is 2.43. The summed E-state index contributed by atoms with van der Waals surface area (Å²) in [5, 5.41) is 20.9. The summed E-state index contributed by atoms with van der Waals surface area (Å²) in [5.41, 5.74) is 4.08. The molecule has 1 saturated carbocycles. The number of nitrogens with one attached hydrogen (secondary N) is 2. The van der Waals surface area contributed by atoms with Crippen molar-refractivity contribution in [3.05, 3.63) is 34.4 Å². The van der Waals surface area contributed by atoms with Gasteiger partial charge in [-0.05, 0) is 18.9 Å². The standard InChI is InChI=1S/C13H17N3O4/c17-12(9-13(18)7-3-4-8-13)15-14-10-5-1-2-6-11(10)16(19)20/h1-2,5-6,14,18H,3-4,7-9H2,(H,15,17). The van der Waals surface area contributed by atoms with Gasteiger partial charge in [0, 0.05) is 6.07 Å². The van der Waals surface area contributed by atoms with Crippen molar-refractivity contribution in [2.24, 2.45) is 0 Å². The number of nitrogens with zero attached hydrogens (tertiary/aromatic N) is 1. The number of hydrazine groups is 1. The summed E-state index contributed by atoms with van der Waals surface area (Å²) >= 11 is 0. The van der Waals surface area contributed by atoms with Crippen LogP contribution in [0.15, 0.2) is 24.3 Å². The molecule has 0 radical (unpaired) electrons. The molecule has 2 rings (SSSR count). The molecule has 0 aliphatic heterocycles. The number of hydrogen-bond donors (Lipinski definition) is 3. The van der Waals surface area contributed by atoms with E-state index in [1.54, 1.807) is 12.1 Å². The molecule has 7 nitrogen and oxygen atoms in total. The predicted molar refractivity (Wildman–Crippen MR) is 72.9 cm³/mol. The van der Waals surface area contributed by atoms with Crippen LogP contribution < -0.4 is 10.9 Å². The zero-order valence-corrected chi connectivity index (χ0v) is 11.0. The van der Waals surface area contributed by atoms with E-state index in [2.05, 4.69) is 10.9 Å². The van der Waals surface area contributed by atoms with Crippen molar-refractivity contribution >= 4 is 17.3 Å². The van der Waals surface area contributed by atoms with E-state index in [0.29, 0.717) is 12.8 Å². The summed E-state index contributed by atoms with van der Waals surface area (Å²) < 4.78 is 0. The number of para-hydroxylation sites is 2. The van der Waals surface area contributed by atoms with Gasteiger partial charge in [-0.3, -0.25) is 25.8 Å². The van der Waals surface area contributed by atoms with Crippen molar-refractivity contribution in [1.29, 1.82) is 0 Å². The number of aliphatic hydroxyl groups is 1. The molecule has 1 aliphatic rings. The van der Waals surface area contributed by atoms with Gasteiger partial charge >= 0.3 is 0 Å². The molecule has 7 heteroatoms. The lowest BCUT2D eigenvalue weighted by Crippen LogP contribution is -2.37. The van der Waals surface area contributed by atoms with E-state index in [-0.39, 0.29) is 23.7 Å². The monoisotopic (exact) mass is 279 g/mol. The van der Waals surface area contributed by atoms with Crippen molar-refractivity contribution in [2.75, 3.05) is 5.43 Å². The van der Waals surface area contributed by atoms with Crippen LogP contribution in [-0.2, 0) is 4.79 Å². The van der Waals surface area contributed by atoms with Gasteiger partial charge in [-0.1, -0.05) is 25.0 Å². The highest BCUT2D eigenvalue weighted by molar-refractivity contribution is 5.79. The summed E-state index contributed by atoms with van der Waals surface area (Å²) in [6.45, 7) is 0. The maximum atomic E-state index is 11.8. The van der Waals surface area contributed by atoms with Crippen molar-refractivity contribution in [3.63, 3.8) is 0 Å². The third-order valence-electron chi connectivity index (χ3n) is 3.46. The number of benzene rings is 1. The number of hydrogen-bond acceptors (Lipinski definition) is 5. The van der Waals surface area contributed by atoms with Gasteiger partial charge in [0.15, 0.2) is 0 Å². The first-order valence-corrected chi connectivity index (χ1v) is 6.51. The summed E-state index contributed by atoms with van der Waals surface area (Å²) in [4.78, 5) is 22.0. The normalized spacial score (nSPS) is 16.6. The molecule has 1 aromatic carbocycles. The molecule has 1 aromatic rings. The van der Waals surface area contributed by atoms with Crippen LogP contribution in [0.4, 0.5) is 11.4 Å². The average Bonchev–Trinajstić information content (AvgIpc) is 2.83. The van der Waals surface area contributed by atoms with Crippen LogP contribution in [0.1, 0.15) is 32.1 Å². The Morgan fingerprint density at radius 3 is 2.65 bits per heavy atom. The van der Waals surface area contributed by atoms with Gasteiger partial charge in [-0.25, -0.2) is 0 Å². The van der Waals surface area contributed by atoms with E-state index in [0.717, 1.165) is 12.8 Å². The third-order valence-corrected chi connectivity index (χ3v) is 3.46. The van der Waals surface area contributed by atoms with Gasteiger partial charge in [-0.15, -0.1) is 0 Å². The van der Waals surface area contributed by atoms with Crippen LogP contribution in [0, 0.1) is 10.1 Å². The van der Waals surface area contributed by atoms with Crippen LogP contribution in [-0.4, -0.2) is 21.5 Å². The zero-order chi connectivity index (χ0) is 14.6. The predicted octanol–water partition coefficient (Wildman–Crippen LogP) is 1.73. The molecular weight excluding hydrogens is 262 g/mol.